The fraction of sp³-hybridized carbons (Fsp3) is 0.781. The molecule has 256 valence electrons. The predicted molar refractivity (Wildman–Crippen MR) is 171 cm³/mol. The largest absolute Gasteiger partial charge is 0.480 e. The lowest BCUT2D eigenvalue weighted by molar-refractivity contribution is -0.161. The topological polar surface area (TPSA) is 172 Å². The maximum absolute atomic E-state index is 12.4. The molecule has 0 aliphatic carbocycles. The molecular formula is C32H58NO10P. The Morgan fingerprint density at radius 2 is 1.25 bits per heavy atom. The van der Waals surface area contributed by atoms with Crippen LogP contribution in [-0.4, -0.2) is 59.9 Å². The van der Waals surface area contributed by atoms with Gasteiger partial charge in [0.1, 0.15) is 12.6 Å². The lowest BCUT2D eigenvalue weighted by Gasteiger charge is -2.20. The SMILES string of the molecule is CCCCCCCC/C=C/C/C=C/CCC(=O)OC(COC(=O)CCCCCCCCC)COP(=O)(O)OC[C@H](N)C(=O)O. The van der Waals surface area contributed by atoms with Crippen LogP contribution < -0.4 is 5.73 Å². The normalized spacial score (nSPS) is 14.5. The molecule has 44 heavy (non-hydrogen) atoms. The van der Waals surface area contributed by atoms with Gasteiger partial charge >= 0.3 is 25.7 Å². The van der Waals surface area contributed by atoms with Gasteiger partial charge in [-0.1, -0.05) is 109 Å². The Morgan fingerprint density at radius 3 is 1.86 bits per heavy atom. The van der Waals surface area contributed by atoms with Crippen LogP contribution in [0.15, 0.2) is 24.3 Å². The van der Waals surface area contributed by atoms with E-state index in [0.717, 1.165) is 32.1 Å². The summed E-state index contributed by atoms with van der Waals surface area (Å²) in [6.07, 6.45) is 24.4. The summed E-state index contributed by atoms with van der Waals surface area (Å²) < 4.78 is 32.2. The number of nitrogens with two attached hydrogens (primary N) is 1. The summed E-state index contributed by atoms with van der Waals surface area (Å²) in [5.74, 6) is -2.47. The van der Waals surface area contributed by atoms with Gasteiger partial charge in [0.15, 0.2) is 6.10 Å². The summed E-state index contributed by atoms with van der Waals surface area (Å²) in [6.45, 7) is 2.63. The summed E-state index contributed by atoms with van der Waals surface area (Å²) in [5, 5.41) is 8.81. The third-order valence-corrected chi connectivity index (χ3v) is 7.67. The van der Waals surface area contributed by atoms with E-state index in [2.05, 4.69) is 30.5 Å². The highest BCUT2D eigenvalue weighted by molar-refractivity contribution is 7.47. The van der Waals surface area contributed by atoms with E-state index in [4.69, 9.17) is 24.8 Å². The third-order valence-electron chi connectivity index (χ3n) is 6.72. The minimum atomic E-state index is -4.71. The molecule has 0 spiro atoms. The summed E-state index contributed by atoms with van der Waals surface area (Å²) in [7, 11) is -4.71. The van der Waals surface area contributed by atoms with Gasteiger partial charge in [0, 0.05) is 12.8 Å². The molecule has 12 heteroatoms. The van der Waals surface area contributed by atoms with Crippen LogP contribution in [0.1, 0.15) is 129 Å². The van der Waals surface area contributed by atoms with Crippen molar-refractivity contribution in [2.24, 2.45) is 5.73 Å². The zero-order valence-corrected chi connectivity index (χ0v) is 27.9. The number of carboxylic acid groups (broad SMARTS) is 1. The Hall–Kier alpha value is -2.04. The molecule has 0 amide bonds. The average molecular weight is 648 g/mol. The first-order valence-corrected chi connectivity index (χ1v) is 17.9. The molecule has 0 aromatic rings. The van der Waals surface area contributed by atoms with Gasteiger partial charge in [0.25, 0.3) is 0 Å². The van der Waals surface area contributed by atoms with Crippen LogP contribution in [0.3, 0.4) is 0 Å². The second-order valence-electron chi connectivity index (χ2n) is 10.9. The van der Waals surface area contributed by atoms with Crippen LogP contribution >= 0.6 is 7.82 Å². The molecule has 0 radical (unpaired) electrons. The second-order valence-corrected chi connectivity index (χ2v) is 12.4. The number of allylic oxidation sites excluding steroid dienone is 4. The number of carbonyl (C=O) groups excluding carboxylic acids is 2. The molecule has 0 rings (SSSR count). The van der Waals surface area contributed by atoms with Crippen LogP contribution in [0, 0.1) is 0 Å². The first kappa shape index (κ1) is 42.0. The highest BCUT2D eigenvalue weighted by atomic mass is 31.2. The molecule has 2 unspecified atom stereocenters. The quantitative estimate of drug-likeness (QED) is 0.0312. The summed E-state index contributed by atoms with van der Waals surface area (Å²) in [6, 6.07) is -1.52. The van der Waals surface area contributed by atoms with Gasteiger partial charge in [-0.3, -0.25) is 23.4 Å². The van der Waals surface area contributed by atoms with Crippen molar-refractivity contribution in [3.05, 3.63) is 24.3 Å². The van der Waals surface area contributed by atoms with Gasteiger partial charge in [0.2, 0.25) is 0 Å². The number of carboxylic acids is 1. The average Bonchev–Trinajstić information content (AvgIpc) is 2.99. The predicted octanol–water partition coefficient (Wildman–Crippen LogP) is 7.16. The lowest BCUT2D eigenvalue weighted by Crippen LogP contribution is -2.34. The number of hydrogen-bond donors (Lipinski definition) is 3. The fourth-order valence-electron chi connectivity index (χ4n) is 4.06. The van der Waals surface area contributed by atoms with Crippen molar-refractivity contribution in [2.45, 2.75) is 142 Å². The second kappa shape index (κ2) is 28.4. The smallest absolute Gasteiger partial charge is 0.472 e. The molecule has 0 fully saturated rings. The maximum Gasteiger partial charge on any atom is 0.472 e. The summed E-state index contributed by atoms with van der Waals surface area (Å²) in [4.78, 5) is 45.3. The van der Waals surface area contributed by atoms with Gasteiger partial charge in [-0.15, -0.1) is 0 Å². The monoisotopic (exact) mass is 647 g/mol. The molecule has 11 nitrogen and oxygen atoms in total. The van der Waals surface area contributed by atoms with E-state index in [1.807, 2.05) is 12.2 Å². The number of unbranched alkanes of at least 4 members (excludes halogenated alkanes) is 12. The van der Waals surface area contributed by atoms with E-state index in [-0.39, 0.29) is 19.4 Å². The minimum absolute atomic E-state index is 0.0567. The van der Waals surface area contributed by atoms with Crippen LogP contribution in [0.2, 0.25) is 0 Å². The number of rotatable bonds is 30. The first-order valence-electron chi connectivity index (χ1n) is 16.4. The zero-order valence-electron chi connectivity index (χ0n) is 27.0. The summed E-state index contributed by atoms with van der Waals surface area (Å²) in [5.41, 5.74) is 5.28. The molecule has 0 heterocycles. The standard InChI is InChI=1S/C32H58NO10P/c1-3-5-7-9-11-12-13-14-15-16-18-20-22-24-31(35)43-28(26-41-44(38,39)42-27-29(33)32(36)37)25-40-30(34)23-21-19-17-10-8-6-4-2/h14-15,18,20,28-29H,3-13,16-17,19,21-27,33H2,1-2H3,(H,36,37)(H,38,39)/b15-14+,20-18+/t28?,29-/m0/s1. The molecule has 0 aliphatic rings. The van der Waals surface area contributed by atoms with E-state index in [0.29, 0.717) is 12.8 Å². The molecule has 4 N–H and O–H groups in total. The number of ether oxygens (including phenoxy) is 2. The van der Waals surface area contributed by atoms with E-state index in [1.54, 1.807) is 0 Å². The first-order chi connectivity index (χ1) is 21.1. The number of phosphoric ester groups is 1. The molecule has 0 aromatic carbocycles. The fourth-order valence-corrected chi connectivity index (χ4v) is 4.83. The summed E-state index contributed by atoms with van der Waals surface area (Å²) >= 11 is 0. The maximum atomic E-state index is 12.4. The Kier molecular flexibility index (Phi) is 27.1. The number of esters is 2. The number of carbonyl (C=O) groups is 3. The van der Waals surface area contributed by atoms with Crippen molar-refractivity contribution >= 4 is 25.7 Å². The highest BCUT2D eigenvalue weighted by Crippen LogP contribution is 2.43. The molecular weight excluding hydrogens is 589 g/mol. The highest BCUT2D eigenvalue weighted by Gasteiger charge is 2.28. The van der Waals surface area contributed by atoms with E-state index >= 15 is 0 Å². The van der Waals surface area contributed by atoms with Gasteiger partial charge in [-0.05, 0) is 32.1 Å². The Labute approximate surface area is 264 Å². The Balaban J connectivity index is 4.61. The number of phosphoric acid groups is 1. The van der Waals surface area contributed by atoms with Crippen LogP contribution in [-0.2, 0) is 37.5 Å². The van der Waals surface area contributed by atoms with Crippen molar-refractivity contribution in [2.75, 3.05) is 19.8 Å². The van der Waals surface area contributed by atoms with Gasteiger partial charge in [-0.2, -0.15) is 0 Å². The Bertz CT molecular complexity index is 864. The van der Waals surface area contributed by atoms with Crippen molar-refractivity contribution < 1.29 is 47.5 Å². The molecule has 0 saturated carbocycles. The van der Waals surface area contributed by atoms with E-state index in [9.17, 15) is 23.8 Å². The van der Waals surface area contributed by atoms with Crippen molar-refractivity contribution in [3.8, 4) is 0 Å². The van der Waals surface area contributed by atoms with Gasteiger partial charge in [-0.25, -0.2) is 4.57 Å². The minimum Gasteiger partial charge on any atom is -0.480 e. The third kappa shape index (κ3) is 27.5. The Morgan fingerprint density at radius 1 is 0.705 bits per heavy atom. The van der Waals surface area contributed by atoms with Gasteiger partial charge in [0.05, 0.1) is 13.2 Å². The van der Waals surface area contributed by atoms with Crippen LogP contribution in [0.4, 0.5) is 0 Å². The van der Waals surface area contributed by atoms with Crippen molar-refractivity contribution in [1.82, 2.24) is 0 Å². The van der Waals surface area contributed by atoms with Crippen molar-refractivity contribution in [3.63, 3.8) is 0 Å². The molecule has 0 aromatic heterocycles. The van der Waals surface area contributed by atoms with E-state index < -0.39 is 51.1 Å². The van der Waals surface area contributed by atoms with E-state index in [1.165, 1.54) is 57.8 Å². The van der Waals surface area contributed by atoms with Crippen molar-refractivity contribution in [1.29, 1.82) is 0 Å². The van der Waals surface area contributed by atoms with Crippen LogP contribution in [0.25, 0.3) is 0 Å². The molecule has 0 saturated heterocycles. The molecule has 3 atom stereocenters. The van der Waals surface area contributed by atoms with Crippen LogP contribution in [0.5, 0.6) is 0 Å². The zero-order chi connectivity index (χ0) is 32.9. The van der Waals surface area contributed by atoms with Gasteiger partial charge < -0.3 is 25.2 Å². The molecule has 0 aliphatic heterocycles. The lowest BCUT2D eigenvalue weighted by atomic mass is 10.1. The molecule has 0 bridgehead atoms. The number of hydrogen-bond acceptors (Lipinski definition) is 9. The number of aliphatic carboxylic acids is 1.